The van der Waals surface area contributed by atoms with E-state index in [4.69, 9.17) is 9.47 Å². The van der Waals surface area contributed by atoms with Crippen LogP contribution in [0.2, 0.25) is 0 Å². The van der Waals surface area contributed by atoms with Gasteiger partial charge in [0.1, 0.15) is 12.2 Å². The van der Waals surface area contributed by atoms with Gasteiger partial charge >= 0.3 is 11.9 Å². The maximum atomic E-state index is 10.3. The summed E-state index contributed by atoms with van der Waals surface area (Å²) in [6.45, 7) is 2.87. The second-order valence-electron chi connectivity index (χ2n) is 4.31. The van der Waals surface area contributed by atoms with Crippen LogP contribution in [0.25, 0.3) is 0 Å². The lowest BCUT2D eigenvalue weighted by atomic mass is 10.3. The van der Waals surface area contributed by atoms with Gasteiger partial charge in [0.25, 0.3) is 0 Å². The predicted molar refractivity (Wildman–Crippen MR) is 67.9 cm³/mol. The zero-order valence-electron chi connectivity index (χ0n) is 10.9. The summed E-state index contributed by atoms with van der Waals surface area (Å²) in [4.78, 5) is 20.7. The maximum absolute atomic E-state index is 10.3. The van der Waals surface area contributed by atoms with Gasteiger partial charge in [-0.25, -0.2) is 0 Å². The van der Waals surface area contributed by atoms with Crippen molar-refractivity contribution < 1.29 is 19.1 Å². The molecule has 0 fully saturated rings. The zero-order chi connectivity index (χ0) is 13.4. The van der Waals surface area contributed by atoms with Crippen molar-refractivity contribution in [3.8, 4) is 0 Å². The van der Waals surface area contributed by atoms with Crippen LogP contribution in [0.15, 0.2) is 24.3 Å². The first-order valence-electron chi connectivity index (χ1n) is 6.25. The van der Waals surface area contributed by atoms with Gasteiger partial charge < -0.3 is 9.47 Å². The molecule has 0 aromatic rings. The summed E-state index contributed by atoms with van der Waals surface area (Å²) in [5, 5.41) is 0. The fraction of sp³-hybridized carbons (Fsp3) is 0.571. The van der Waals surface area contributed by atoms with Crippen LogP contribution < -0.4 is 0 Å². The molecule has 0 radical (unpaired) electrons. The number of carbonyl (C=O) groups excluding carboxylic acids is 2. The molecule has 4 heteroatoms. The molecule has 0 aromatic heterocycles. The molecule has 0 bridgehead atoms. The summed E-state index contributed by atoms with van der Waals surface area (Å²) >= 11 is 0. The molecule has 0 saturated heterocycles. The standard InChI is InChI=1S/2C7H10O2/c2*1-6(8)9-7-4-2-3-5-7/h2*2,4,7H,3,5H2,1H3/t2*7-/m10/s1. The third-order valence-corrected chi connectivity index (χ3v) is 2.57. The minimum absolute atomic E-state index is 0.0579. The highest BCUT2D eigenvalue weighted by atomic mass is 16.5. The number of esters is 2. The average Bonchev–Trinajstić information content (AvgIpc) is 2.90. The molecule has 0 unspecified atom stereocenters. The number of allylic oxidation sites excluding steroid dienone is 2. The minimum atomic E-state index is -0.188. The van der Waals surface area contributed by atoms with E-state index in [0.29, 0.717) is 0 Å². The van der Waals surface area contributed by atoms with Crippen molar-refractivity contribution in [2.75, 3.05) is 0 Å². The Kier molecular flexibility index (Phi) is 6.19. The lowest BCUT2D eigenvalue weighted by Gasteiger charge is -2.05. The Morgan fingerprint density at radius 3 is 1.50 bits per heavy atom. The fourth-order valence-corrected chi connectivity index (χ4v) is 1.83. The average molecular weight is 252 g/mol. The van der Waals surface area contributed by atoms with Gasteiger partial charge in [-0.3, -0.25) is 9.59 Å². The van der Waals surface area contributed by atoms with Crippen molar-refractivity contribution in [2.45, 2.75) is 51.7 Å². The second kappa shape index (κ2) is 7.69. The molecular weight excluding hydrogens is 232 g/mol. The Bertz CT molecular complexity index is 310. The van der Waals surface area contributed by atoms with Crippen LogP contribution in [0, 0.1) is 0 Å². The third-order valence-electron chi connectivity index (χ3n) is 2.57. The van der Waals surface area contributed by atoms with Crippen molar-refractivity contribution in [3.05, 3.63) is 24.3 Å². The first-order chi connectivity index (χ1) is 8.58. The van der Waals surface area contributed by atoms with Crippen LogP contribution in [0.3, 0.4) is 0 Å². The summed E-state index contributed by atoms with van der Waals surface area (Å²) in [6.07, 6.45) is 12.0. The third kappa shape index (κ3) is 6.23. The summed E-state index contributed by atoms with van der Waals surface area (Å²) in [5.41, 5.74) is 0. The molecule has 0 saturated carbocycles. The van der Waals surface area contributed by atoms with Crippen LogP contribution in [-0.4, -0.2) is 24.1 Å². The van der Waals surface area contributed by atoms with Crippen LogP contribution in [0.4, 0.5) is 0 Å². The minimum Gasteiger partial charge on any atom is -0.458 e. The monoisotopic (exact) mass is 252 g/mol. The molecule has 4 nitrogen and oxygen atoms in total. The van der Waals surface area contributed by atoms with Crippen molar-refractivity contribution in [1.82, 2.24) is 0 Å². The molecular formula is C14H20O4. The lowest BCUT2D eigenvalue weighted by Crippen LogP contribution is -2.09. The Labute approximate surface area is 108 Å². The molecule has 0 amide bonds. The fourth-order valence-electron chi connectivity index (χ4n) is 1.83. The van der Waals surface area contributed by atoms with Gasteiger partial charge in [-0.1, -0.05) is 12.2 Å². The first-order valence-corrected chi connectivity index (χ1v) is 6.25. The van der Waals surface area contributed by atoms with Crippen molar-refractivity contribution in [3.63, 3.8) is 0 Å². The van der Waals surface area contributed by atoms with E-state index in [2.05, 4.69) is 0 Å². The number of rotatable bonds is 2. The van der Waals surface area contributed by atoms with Crippen LogP contribution in [0.5, 0.6) is 0 Å². The van der Waals surface area contributed by atoms with E-state index in [1.165, 1.54) is 13.8 Å². The quantitative estimate of drug-likeness (QED) is 0.560. The largest absolute Gasteiger partial charge is 0.458 e. The summed E-state index contributed by atoms with van der Waals surface area (Å²) < 4.78 is 9.77. The summed E-state index contributed by atoms with van der Waals surface area (Å²) in [7, 11) is 0. The first kappa shape index (κ1) is 14.5. The number of hydrogen-bond acceptors (Lipinski definition) is 4. The van der Waals surface area contributed by atoms with Crippen molar-refractivity contribution >= 4 is 11.9 Å². The van der Waals surface area contributed by atoms with Gasteiger partial charge in [-0.15, -0.1) is 0 Å². The van der Waals surface area contributed by atoms with E-state index in [9.17, 15) is 9.59 Å². The molecule has 100 valence electrons. The van der Waals surface area contributed by atoms with E-state index in [-0.39, 0.29) is 24.1 Å². The highest BCUT2D eigenvalue weighted by Gasteiger charge is 2.11. The Morgan fingerprint density at radius 2 is 1.28 bits per heavy atom. The maximum Gasteiger partial charge on any atom is 0.303 e. The molecule has 18 heavy (non-hydrogen) atoms. The Morgan fingerprint density at radius 1 is 0.889 bits per heavy atom. The number of ether oxygens (including phenoxy) is 2. The molecule has 0 N–H and O–H groups in total. The van der Waals surface area contributed by atoms with Crippen LogP contribution in [0.1, 0.15) is 39.5 Å². The van der Waals surface area contributed by atoms with Gasteiger partial charge in [-0.2, -0.15) is 0 Å². The molecule has 2 aliphatic carbocycles. The van der Waals surface area contributed by atoms with Crippen molar-refractivity contribution in [2.24, 2.45) is 0 Å². The van der Waals surface area contributed by atoms with Gasteiger partial charge in [-0.05, 0) is 37.8 Å². The molecule has 0 heterocycles. The van der Waals surface area contributed by atoms with E-state index >= 15 is 0 Å². The van der Waals surface area contributed by atoms with Gasteiger partial charge in [0, 0.05) is 13.8 Å². The van der Waals surface area contributed by atoms with Crippen molar-refractivity contribution in [1.29, 1.82) is 0 Å². The van der Waals surface area contributed by atoms with Crippen LogP contribution in [-0.2, 0) is 19.1 Å². The topological polar surface area (TPSA) is 52.6 Å². The van der Waals surface area contributed by atoms with Crippen LogP contribution >= 0.6 is 0 Å². The SMILES string of the molecule is CC(=O)O[C@@H]1C=CCC1.CC(=O)O[C@H]1C=CCC1. The normalized spacial score (nSPS) is 24.3. The molecule has 2 rings (SSSR count). The van der Waals surface area contributed by atoms with Gasteiger partial charge in [0.05, 0.1) is 0 Å². The van der Waals surface area contributed by atoms with E-state index in [1.54, 1.807) is 0 Å². The van der Waals surface area contributed by atoms with Gasteiger partial charge in [0.15, 0.2) is 0 Å². The van der Waals surface area contributed by atoms with E-state index in [0.717, 1.165) is 25.7 Å². The number of hydrogen-bond donors (Lipinski definition) is 0. The zero-order valence-corrected chi connectivity index (χ0v) is 10.9. The summed E-state index contributed by atoms with van der Waals surface area (Å²) in [5.74, 6) is -0.377. The molecule has 0 aromatic carbocycles. The molecule has 2 atom stereocenters. The number of carbonyl (C=O) groups is 2. The highest BCUT2D eigenvalue weighted by molar-refractivity contribution is 5.66. The Balaban J connectivity index is 0.000000180. The van der Waals surface area contributed by atoms with E-state index < -0.39 is 0 Å². The molecule has 0 spiro atoms. The Hall–Kier alpha value is -1.58. The van der Waals surface area contributed by atoms with E-state index in [1.807, 2.05) is 24.3 Å². The summed E-state index contributed by atoms with van der Waals surface area (Å²) in [6, 6.07) is 0. The predicted octanol–water partition coefficient (Wildman–Crippen LogP) is 2.54. The molecule has 2 aliphatic rings. The smallest absolute Gasteiger partial charge is 0.303 e. The highest BCUT2D eigenvalue weighted by Crippen LogP contribution is 2.13. The lowest BCUT2D eigenvalue weighted by molar-refractivity contribution is -0.145. The second-order valence-corrected chi connectivity index (χ2v) is 4.31. The van der Waals surface area contributed by atoms with Gasteiger partial charge in [0.2, 0.25) is 0 Å². The molecule has 0 aliphatic heterocycles.